The first-order valence-electron chi connectivity index (χ1n) is 6.01. The fourth-order valence-electron chi connectivity index (χ4n) is 2.40. The molecule has 1 heterocycles. The smallest absolute Gasteiger partial charge is 0.326 e. The molecule has 1 aliphatic heterocycles. The van der Waals surface area contributed by atoms with Crippen molar-refractivity contribution in [2.45, 2.75) is 25.7 Å². The lowest BCUT2D eigenvalue weighted by atomic mass is 10.1. The average Bonchev–Trinajstić information content (AvgIpc) is 2.57. The molecule has 100 valence electrons. The maximum atomic E-state index is 12.8. The summed E-state index contributed by atoms with van der Waals surface area (Å²) in [5, 5.41) is 0. The van der Waals surface area contributed by atoms with Crippen LogP contribution in [-0.2, 0) is 12.7 Å². The van der Waals surface area contributed by atoms with Crippen LogP contribution in [0.1, 0.15) is 18.1 Å². The van der Waals surface area contributed by atoms with Crippen LogP contribution in [0.2, 0.25) is 0 Å². The summed E-state index contributed by atoms with van der Waals surface area (Å²) in [4.78, 5) is 1.99. The van der Waals surface area contributed by atoms with Crippen molar-refractivity contribution in [3.8, 4) is 0 Å². The van der Waals surface area contributed by atoms with Gasteiger partial charge in [0.1, 0.15) is 0 Å². The molecule has 5 heteroatoms. The Hall–Kier alpha value is -1.07. The van der Waals surface area contributed by atoms with Crippen molar-refractivity contribution in [2.24, 2.45) is 11.7 Å². The highest BCUT2D eigenvalue weighted by Crippen LogP contribution is 2.32. The number of halogens is 3. The highest BCUT2D eigenvalue weighted by molar-refractivity contribution is 5.29. The zero-order valence-electron chi connectivity index (χ0n) is 10.2. The Balaban J connectivity index is 2.15. The molecule has 0 bridgehead atoms. The van der Waals surface area contributed by atoms with Crippen LogP contribution in [0.3, 0.4) is 0 Å². The molecule has 2 N–H and O–H groups in total. The van der Waals surface area contributed by atoms with Gasteiger partial charge in [-0.1, -0.05) is 25.1 Å². The quantitative estimate of drug-likeness (QED) is 0.883. The van der Waals surface area contributed by atoms with E-state index in [2.05, 4.69) is 0 Å². The number of likely N-dealkylation sites (tertiary alicyclic amines) is 1. The van der Waals surface area contributed by atoms with Crippen LogP contribution in [0.5, 0.6) is 0 Å². The minimum atomic E-state index is -4.29. The molecule has 1 saturated heterocycles. The van der Waals surface area contributed by atoms with E-state index in [1.165, 1.54) is 12.1 Å². The Morgan fingerprint density at radius 2 is 1.94 bits per heavy atom. The Morgan fingerprint density at radius 3 is 2.50 bits per heavy atom. The highest BCUT2D eigenvalue weighted by Gasteiger charge is 2.34. The summed E-state index contributed by atoms with van der Waals surface area (Å²) in [7, 11) is 0. The Kier molecular flexibility index (Phi) is 3.64. The molecule has 0 aliphatic carbocycles. The molecule has 2 rings (SSSR count). The normalized spacial score (nSPS) is 25.6. The van der Waals surface area contributed by atoms with Crippen molar-refractivity contribution < 1.29 is 13.2 Å². The predicted octanol–water partition coefficient (Wildman–Crippen LogP) is 2.48. The minimum Gasteiger partial charge on any atom is -0.326 e. The maximum Gasteiger partial charge on any atom is 0.416 e. The molecule has 0 amide bonds. The van der Waals surface area contributed by atoms with E-state index < -0.39 is 11.7 Å². The zero-order valence-corrected chi connectivity index (χ0v) is 10.2. The molecule has 0 spiro atoms. The molecular formula is C13H17F3N2. The van der Waals surface area contributed by atoms with Gasteiger partial charge >= 0.3 is 6.18 Å². The van der Waals surface area contributed by atoms with Crippen molar-refractivity contribution in [3.05, 3.63) is 35.4 Å². The van der Waals surface area contributed by atoms with E-state index in [1.807, 2.05) is 11.8 Å². The van der Waals surface area contributed by atoms with Gasteiger partial charge < -0.3 is 5.73 Å². The number of alkyl halides is 3. The summed E-state index contributed by atoms with van der Waals surface area (Å²) in [6, 6.07) is 5.80. The number of benzene rings is 1. The Bertz CT molecular complexity index is 407. The summed E-state index contributed by atoms with van der Waals surface area (Å²) >= 11 is 0. The summed E-state index contributed by atoms with van der Waals surface area (Å²) in [5.41, 5.74) is 5.66. The maximum absolute atomic E-state index is 12.8. The number of hydrogen-bond donors (Lipinski definition) is 1. The van der Waals surface area contributed by atoms with Gasteiger partial charge in [-0.25, -0.2) is 0 Å². The third-order valence-electron chi connectivity index (χ3n) is 3.46. The van der Waals surface area contributed by atoms with Crippen LogP contribution in [0.25, 0.3) is 0 Å². The predicted molar refractivity (Wildman–Crippen MR) is 63.9 cm³/mol. The highest BCUT2D eigenvalue weighted by atomic mass is 19.4. The molecule has 2 atom stereocenters. The Morgan fingerprint density at radius 1 is 1.28 bits per heavy atom. The number of rotatable bonds is 2. The largest absolute Gasteiger partial charge is 0.416 e. The molecule has 1 aromatic rings. The van der Waals surface area contributed by atoms with E-state index in [9.17, 15) is 13.2 Å². The van der Waals surface area contributed by atoms with Crippen LogP contribution < -0.4 is 5.73 Å². The summed E-state index contributed by atoms with van der Waals surface area (Å²) in [6.45, 7) is 3.76. The van der Waals surface area contributed by atoms with Crippen LogP contribution in [0.4, 0.5) is 13.2 Å². The zero-order chi connectivity index (χ0) is 13.3. The topological polar surface area (TPSA) is 29.3 Å². The summed E-state index contributed by atoms with van der Waals surface area (Å²) < 4.78 is 38.5. The molecule has 1 aliphatic rings. The van der Waals surface area contributed by atoms with Gasteiger partial charge in [-0.2, -0.15) is 13.2 Å². The third kappa shape index (κ3) is 2.84. The molecule has 0 aromatic heterocycles. The van der Waals surface area contributed by atoms with Crippen molar-refractivity contribution in [3.63, 3.8) is 0 Å². The monoisotopic (exact) mass is 258 g/mol. The van der Waals surface area contributed by atoms with Gasteiger partial charge in [-0.3, -0.25) is 4.90 Å². The molecule has 18 heavy (non-hydrogen) atoms. The van der Waals surface area contributed by atoms with E-state index in [-0.39, 0.29) is 6.04 Å². The van der Waals surface area contributed by atoms with Crippen LogP contribution >= 0.6 is 0 Å². The van der Waals surface area contributed by atoms with Crippen molar-refractivity contribution in [1.82, 2.24) is 4.90 Å². The molecule has 2 nitrogen and oxygen atoms in total. The molecule has 0 saturated carbocycles. The number of hydrogen-bond acceptors (Lipinski definition) is 2. The van der Waals surface area contributed by atoms with Crippen LogP contribution in [0, 0.1) is 5.92 Å². The van der Waals surface area contributed by atoms with E-state index in [0.29, 0.717) is 24.6 Å². The van der Waals surface area contributed by atoms with Gasteiger partial charge in [0.15, 0.2) is 0 Å². The van der Waals surface area contributed by atoms with Crippen molar-refractivity contribution in [2.75, 3.05) is 13.1 Å². The first-order chi connectivity index (χ1) is 8.38. The average molecular weight is 258 g/mol. The van der Waals surface area contributed by atoms with Gasteiger partial charge in [0.25, 0.3) is 0 Å². The van der Waals surface area contributed by atoms with Crippen molar-refractivity contribution in [1.29, 1.82) is 0 Å². The van der Waals surface area contributed by atoms with Gasteiger partial charge in [-0.15, -0.1) is 0 Å². The van der Waals surface area contributed by atoms with E-state index in [0.717, 1.165) is 12.6 Å². The number of nitrogens with two attached hydrogens (primary N) is 1. The molecule has 0 radical (unpaired) electrons. The van der Waals surface area contributed by atoms with Gasteiger partial charge in [0, 0.05) is 25.7 Å². The lowest BCUT2D eigenvalue weighted by molar-refractivity contribution is -0.138. The molecular weight excluding hydrogens is 241 g/mol. The van der Waals surface area contributed by atoms with Gasteiger partial charge in [-0.05, 0) is 17.5 Å². The second-order valence-electron chi connectivity index (χ2n) is 4.99. The second-order valence-corrected chi connectivity index (χ2v) is 4.99. The minimum absolute atomic E-state index is 0.0584. The van der Waals surface area contributed by atoms with E-state index >= 15 is 0 Å². The van der Waals surface area contributed by atoms with Crippen LogP contribution in [0.15, 0.2) is 24.3 Å². The van der Waals surface area contributed by atoms with Gasteiger partial charge in [0.05, 0.1) is 5.56 Å². The number of nitrogens with zero attached hydrogens (tertiary/aromatic N) is 1. The third-order valence-corrected chi connectivity index (χ3v) is 3.46. The lowest BCUT2D eigenvalue weighted by Crippen LogP contribution is -2.28. The first kappa shape index (κ1) is 13.4. The fourth-order valence-corrected chi connectivity index (χ4v) is 2.40. The fraction of sp³-hybridized carbons (Fsp3) is 0.538. The standard InChI is InChI=1S/C13H17F3N2/c1-9-6-18(8-12(9)17)7-10-4-2-3-5-11(10)13(14,15)16/h2-5,9,12H,6-8,17H2,1H3. The molecule has 2 unspecified atom stereocenters. The van der Waals surface area contributed by atoms with Crippen LogP contribution in [-0.4, -0.2) is 24.0 Å². The SMILES string of the molecule is CC1CN(Cc2ccccc2C(F)(F)F)CC1N. The second kappa shape index (κ2) is 4.90. The summed E-state index contributed by atoms with van der Waals surface area (Å²) in [5.74, 6) is 0.336. The van der Waals surface area contributed by atoms with Gasteiger partial charge in [0.2, 0.25) is 0 Å². The molecule has 1 aromatic carbocycles. The van der Waals surface area contributed by atoms with E-state index in [4.69, 9.17) is 5.73 Å². The summed E-state index contributed by atoms with van der Waals surface area (Å²) in [6.07, 6.45) is -4.29. The van der Waals surface area contributed by atoms with E-state index in [1.54, 1.807) is 6.07 Å². The first-order valence-corrected chi connectivity index (χ1v) is 6.01. The lowest BCUT2D eigenvalue weighted by Gasteiger charge is -2.19. The Labute approximate surface area is 105 Å². The molecule has 1 fully saturated rings. The van der Waals surface area contributed by atoms with Crippen molar-refractivity contribution >= 4 is 0 Å².